The molecule has 1 aliphatic rings. The first-order chi connectivity index (χ1) is 12.9. The third-order valence-corrected chi connectivity index (χ3v) is 6.03. The molecular weight excluding hydrogens is 366 g/mol. The smallest absolute Gasteiger partial charge is 0.268 e. The molecule has 0 N–H and O–H groups in total. The van der Waals surface area contributed by atoms with Gasteiger partial charge in [0.05, 0.1) is 28.3 Å². The number of imide groups is 1. The quantitative estimate of drug-likeness (QED) is 0.647. The number of benzene rings is 2. The molecule has 2 aromatic carbocycles. The van der Waals surface area contributed by atoms with E-state index in [-0.39, 0.29) is 11.4 Å². The Morgan fingerprint density at radius 3 is 2.11 bits per heavy atom. The summed E-state index contributed by atoms with van der Waals surface area (Å²) in [6.45, 7) is 1.77. The van der Waals surface area contributed by atoms with E-state index in [2.05, 4.69) is 4.98 Å². The number of carbonyl (C=O) groups excluding carboxylic acids is 2. The molecule has 8 heteroatoms. The number of aromatic nitrogens is 2. The summed E-state index contributed by atoms with van der Waals surface area (Å²) in [5, 5.41) is 0. The summed E-state index contributed by atoms with van der Waals surface area (Å²) in [6, 6.07) is 13.0. The first-order valence-electron chi connectivity index (χ1n) is 8.18. The van der Waals surface area contributed by atoms with Gasteiger partial charge in [0.2, 0.25) is 0 Å². The second kappa shape index (κ2) is 6.17. The predicted molar refractivity (Wildman–Crippen MR) is 96.6 cm³/mol. The highest BCUT2D eigenvalue weighted by molar-refractivity contribution is 7.90. The van der Waals surface area contributed by atoms with Gasteiger partial charge in [-0.2, -0.15) is 0 Å². The van der Waals surface area contributed by atoms with Crippen LogP contribution in [0.5, 0.6) is 0 Å². The molecule has 0 radical (unpaired) electrons. The van der Waals surface area contributed by atoms with E-state index >= 15 is 0 Å². The monoisotopic (exact) mass is 381 g/mol. The van der Waals surface area contributed by atoms with E-state index in [1.807, 2.05) is 6.92 Å². The highest BCUT2D eigenvalue weighted by atomic mass is 32.2. The van der Waals surface area contributed by atoms with Crippen LogP contribution in [0.3, 0.4) is 0 Å². The molecular formula is C19H15N3O4S. The lowest BCUT2D eigenvalue weighted by Crippen LogP contribution is -2.29. The number of hydrogen-bond donors (Lipinski definition) is 0. The maximum atomic E-state index is 12.7. The summed E-state index contributed by atoms with van der Waals surface area (Å²) in [6.07, 6.45) is 2.49. The van der Waals surface area contributed by atoms with Crippen LogP contribution in [0.2, 0.25) is 0 Å². The van der Waals surface area contributed by atoms with Gasteiger partial charge >= 0.3 is 0 Å². The van der Waals surface area contributed by atoms with E-state index in [1.165, 1.54) is 24.7 Å². The lowest BCUT2D eigenvalue weighted by molar-refractivity contribution is 0.0640. The topological polar surface area (TPSA) is 89.3 Å². The lowest BCUT2D eigenvalue weighted by atomic mass is 10.1. The molecule has 3 aromatic rings. The van der Waals surface area contributed by atoms with Crippen molar-refractivity contribution < 1.29 is 18.0 Å². The SMILES string of the molecule is Cc1ccc(S(=O)(=O)n2cnc(CN3C(=O)c4ccccc4C3=O)c2)cc1. The molecule has 0 aliphatic carbocycles. The van der Waals surface area contributed by atoms with Crippen LogP contribution in [0.25, 0.3) is 0 Å². The molecule has 4 rings (SSSR count). The number of nitrogens with zero attached hydrogens (tertiary/aromatic N) is 3. The number of fused-ring (bicyclic) bond motifs is 1. The number of hydrogen-bond acceptors (Lipinski definition) is 5. The molecule has 0 unspecified atom stereocenters. The Morgan fingerprint density at radius 2 is 1.52 bits per heavy atom. The second-order valence-electron chi connectivity index (χ2n) is 6.26. The molecule has 0 spiro atoms. The maximum absolute atomic E-state index is 12.7. The second-order valence-corrected chi connectivity index (χ2v) is 8.10. The normalized spacial score (nSPS) is 13.9. The Kier molecular flexibility index (Phi) is 3.92. The van der Waals surface area contributed by atoms with Crippen molar-refractivity contribution in [1.29, 1.82) is 0 Å². The fraction of sp³-hybridized carbons (Fsp3) is 0.105. The minimum Gasteiger partial charge on any atom is -0.269 e. The number of amides is 2. The first kappa shape index (κ1) is 17.2. The molecule has 0 atom stereocenters. The van der Waals surface area contributed by atoms with Gasteiger partial charge in [-0.05, 0) is 31.2 Å². The molecule has 2 heterocycles. The molecule has 1 aliphatic heterocycles. The zero-order valence-electron chi connectivity index (χ0n) is 14.4. The highest BCUT2D eigenvalue weighted by Gasteiger charge is 2.35. The zero-order chi connectivity index (χ0) is 19.2. The van der Waals surface area contributed by atoms with Crippen LogP contribution in [-0.2, 0) is 16.6 Å². The largest absolute Gasteiger partial charge is 0.269 e. The van der Waals surface area contributed by atoms with Crippen LogP contribution in [-0.4, -0.2) is 34.1 Å². The van der Waals surface area contributed by atoms with E-state index < -0.39 is 21.8 Å². The van der Waals surface area contributed by atoms with Crippen molar-refractivity contribution in [3.63, 3.8) is 0 Å². The van der Waals surface area contributed by atoms with Crippen LogP contribution < -0.4 is 0 Å². The third-order valence-electron chi connectivity index (χ3n) is 4.41. The summed E-state index contributed by atoms with van der Waals surface area (Å²) in [7, 11) is -3.78. The zero-order valence-corrected chi connectivity index (χ0v) is 15.2. The van der Waals surface area contributed by atoms with E-state index in [0.29, 0.717) is 16.8 Å². The van der Waals surface area contributed by atoms with Crippen molar-refractivity contribution in [2.45, 2.75) is 18.4 Å². The highest BCUT2D eigenvalue weighted by Crippen LogP contribution is 2.24. The van der Waals surface area contributed by atoms with Gasteiger partial charge in [0.1, 0.15) is 6.33 Å². The number of aryl methyl sites for hydroxylation is 1. The summed E-state index contributed by atoms with van der Waals surface area (Å²) in [5.41, 5.74) is 1.94. The van der Waals surface area contributed by atoms with E-state index in [1.54, 1.807) is 36.4 Å². The fourth-order valence-corrected chi connectivity index (χ4v) is 4.09. The standard InChI is InChI=1S/C19H15N3O4S/c1-13-6-8-15(9-7-13)27(25,26)21-10-14(20-12-21)11-22-18(23)16-4-2-3-5-17(16)19(22)24/h2-10,12H,11H2,1H3. The van der Waals surface area contributed by atoms with E-state index in [9.17, 15) is 18.0 Å². The minimum absolute atomic E-state index is 0.0945. The minimum atomic E-state index is -3.78. The summed E-state index contributed by atoms with van der Waals surface area (Å²) in [4.78, 5) is 30.1. The first-order valence-corrected chi connectivity index (χ1v) is 9.62. The molecule has 1 aromatic heterocycles. The molecule has 2 amide bonds. The van der Waals surface area contributed by atoms with Crippen molar-refractivity contribution in [2.75, 3.05) is 0 Å². The summed E-state index contributed by atoms with van der Waals surface area (Å²) < 4.78 is 26.3. The van der Waals surface area contributed by atoms with Gasteiger partial charge in [-0.15, -0.1) is 0 Å². The van der Waals surface area contributed by atoms with Crippen molar-refractivity contribution >= 4 is 21.8 Å². The molecule has 7 nitrogen and oxygen atoms in total. The van der Waals surface area contributed by atoms with Gasteiger partial charge in [-0.25, -0.2) is 17.4 Å². The van der Waals surface area contributed by atoms with Gasteiger partial charge in [0, 0.05) is 6.20 Å². The molecule has 27 heavy (non-hydrogen) atoms. The summed E-state index contributed by atoms with van der Waals surface area (Å²) >= 11 is 0. The Labute approximate surface area is 155 Å². The number of rotatable bonds is 4. The van der Waals surface area contributed by atoms with Crippen molar-refractivity contribution in [3.8, 4) is 0 Å². The third kappa shape index (κ3) is 2.83. The van der Waals surface area contributed by atoms with Gasteiger partial charge < -0.3 is 0 Å². The average molecular weight is 381 g/mol. The molecule has 0 saturated heterocycles. The van der Waals surface area contributed by atoms with Crippen molar-refractivity contribution in [1.82, 2.24) is 13.9 Å². The van der Waals surface area contributed by atoms with Crippen LogP contribution in [0.4, 0.5) is 0 Å². The van der Waals surface area contributed by atoms with Crippen LogP contribution >= 0.6 is 0 Å². The summed E-state index contributed by atoms with van der Waals surface area (Å²) in [5.74, 6) is -0.821. The van der Waals surface area contributed by atoms with Crippen LogP contribution in [0, 0.1) is 6.92 Å². The number of carbonyl (C=O) groups is 2. The average Bonchev–Trinajstić information content (AvgIpc) is 3.23. The number of imidazole rings is 1. The fourth-order valence-electron chi connectivity index (χ4n) is 2.93. The van der Waals surface area contributed by atoms with Crippen molar-refractivity contribution in [2.24, 2.45) is 0 Å². The molecule has 0 fully saturated rings. The maximum Gasteiger partial charge on any atom is 0.268 e. The lowest BCUT2D eigenvalue weighted by Gasteiger charge is -2.11. The van der Waals surface area contributed by atoms with Crippen LogP contribution in [0.15, 0.2) is 66.0 Å². The predicted octanol–water partition coefficient (Wildman–Crippen LogP) is 2.22. The molecule has 136 valence electrons. The Hall–Kier alpha value is -3.26. The van der Waals surface area contributed by atoms with E-state index in [0.717, 1.165) is 14.4 Å². The Morgan fingerprint density at radius 1 is 0.926 bits per heavy atom. The van der Waals surface area contributed by atoms with E-state index in [4.69, 9.17) is 0 Å². The van der Waals surface area contributed by atoms with Gasteiger partial charge in [0.15, 0.2) is 0 Å². The molecule has 0 bridgehead atoms. The van der Waals surface area contributed by atoms with Gasteiger partial charge in [-0.3, -0.25) is 14.5 Å². The molecule has 0 saturated carbocycles. The Balaban J connectivity index is 1.60. The Bertz CT molecular complexity index is 1130. The van der Waals surface area contributed by atoms with Crippen LogP contribution in [0.1, 0.15) is 32.0 Å². The van der Waals surface area contributed by atoms with Gasteiger partial charge in [-0.1, -0.05) is 29.8 Å². The van der Waals surface area contributed by atoms with Crippen molar-refractivity contribution in [3.05, 3.63) is 83.4 Å². The van der Waals surface area contributed by atoms with Gasteiger partial charge in [0.25, 0.3) is 21.8 Å².